The van der Waals surface area contributed by atoms with Crippen LogP contribution in [0.3, 0.4) is 0 Å². The molecular formula is C14H23NO2. The SMILES string of the molecule is CNCCc1ccc(COCCCOC)cc1. The molecule has 0 saturated carbocycles. The number of nitrogens with one attached hydrogen (secondary N) is 1. The van der Waals surface area contributed by atoms with Crippen LogP contribution in [0.1, 0.15) is 17.5 Å². The molecular weight excluding hydrogens is 214 g/mol. The number of methoxy groups -OCH3 is 1. The Labute approximate surface area is 104 Å². The summed E-state index contributed by atoms with van der Waals surface area (Å²) in [5, 5.41) is 3.15. The molecule has 3 heteroatoms. The van der Waals surface area contributed by atoms with Crippen molar-refractivity contribution in [3.63, 3.8) is 0 Å². The summed E-state index contributed by atoms with van der Waals surface area (Å²) >= 11 is 0. The lowest BCUT2D eigenvalue weighted by Gasteiger charge is -2.05. The molecule has 0 bridgehead atoms. The molecule has 0 heterocycles. The third kappa shape index (κ3) is 6.41. The molecule has 0 saturated heterocycles. The van der Waals surface area contributed by atoms with Crippen LogP contribution >= 0.6 is 0 Å². The van der Waals surface area contributed by atoms with Gasteiger partial charge in [-0.2, -0.15) is 0 Å². The second-order valence-electron chi connectivity index (χ2n) is 4.07. The van der Waals surface area contributed by atoms with E-state index in [0.717, 1.165) is 32.6 Å². The zero-order valence-electron chi connectivity index (χ0n) is 10.9. The molecule has 3 nitrogen and oxygen atoms in total. The summed E-state index contributed by atoms with van der Waals surface area (Å²) < 4.78 is 10.5. The standard InChI is InChI=1S/C14H23NO2/c1-15-9-8-13-4-6-14(7-5-13)12-17-11-3-10-16-2/h4-7,15H,3,8-12H2,1-2H3. The maximum Gasteiger partial charge on any atom is 0.0716 e. The van der Waals surface area contributed by atoms with Crippen LogP contribution in [-0.2, 0) is 22.5 Å². The van der Waals surface area contributed by atoms with Crippen molar-refractivity contribution in [2.45, 2.75) is 19.4 Å². The fraction of sp³-hybridized carbons (Fsp3) is 0.571. The summed E-state index contributed by atoms with van der Waals surface area (Å²) in [4.78, 5) is 0. The van der Waals surface area contributed by atoms with Gasteiger partial charge in [0.25, 0.3) is 0 Å². The average Bonchev–Trinajstić information content (AvgIpc) is 2.37. The van der Waals surface area contributed by atoms with E-state index in [1.54, 1.807) is 7.11 Å². The van der Waals surface area contributed by atoms with Crippen LogP contribution < -0.4 is 5.32 Å². The number of benzene rings is 1. The van der Waals surface area contributed by atoms with E-state index in [1.807, 2.05) is 7.05 Å². The van der Waals surface area contributed by atoms with E-state index in [0.29, 0.717) is 6.61 Å². The van der Waals surface area contributed by atoms with Crippen molar-refractivity contribution in [1.29, 1.82) is 0 Å². The molecule has 0 atom stereocenters. The minimum Gasteiger partial charge on any atom is -0.385 e. The van der Waals surface area contributed by atoms with Gasteiger partial charge in [-0.1, -0.05) is 24.3 Å². The average molecular weight is 237 g/mol. The predicted molar refractivity (Wildman–Crippen MR) is 70.2 cm³/mol. The van der Waals surface area contributed by atoms with Gasteiger partial charge in [-0.25, -0.2) is 0 Å². The molecule has 1 aromatic rings. The Bertz CT molecular complexity index is 285. The molecule has 1 aromatic carbocycles. The molecule has 0 fully saturated rings. The molecule has 1 rings (SSSR count). The first-order valence-corrected chi connectivity index (χ1v) is 6.16. The van der Waals surface area contributed by atoms with Gasteiger partial charge in [0.2, 0.25) is 0 Å². The quantitative estimate of drug-likeness (QED) is 0.666. The van der Waals surface area contributed by atoms with Crippen molar-refractivity contribution in [2.75, 3.05) is 33.9 Å². The lowest BCUT2D eigenvalue weighted by Crippen LogP contribution is -2.10. The fourth-order valence-electron chi connectivity index (χ4n) is 1.57. The highest BCUT2D eigenvalue weighted by Gasteiger charge is 1.95. The number of hydrogen-bond acceptors (Lipinski definition) is 3. The monoisotopic (exact) mass is 237 g/mol. The van der Waals surface area contributed by atoms with Gasteiger partial charge in [0, 0.05) is 20.3 Å². The molecule has 1 N–H and O–H groups in total. The van der Waals surface area contributed by atoms with Gasteiger partial charge in [-0.3, -0.25) is 0 Å². The van der Waals surface area contributed by atoms with Gasteiger partial charge >= 0.3 is 0 Å². The highest BCUT2D eigenvalue weighted by molar-refractivity contribution is 5.22. The van der Waals surface area contributed by atoms with Crippen LogP contribution in [-0.4, -0.2) is 33.9 Å². The van der Waals surface area contributed by atoms with E-state index in [2.05, 4.69) is 29.6 Å². The highest BCUT2D eigenvalue weighted by atomic mass is 16.5. The zero-order chi connectivity index (χ0) is 12.3. The van der Waals surface area contributed by atoms with E-state index >= 15 is 0 Å². The normalized spacial score (nSPS) is 10.7. The molecule has 0 radical (unpaired) electrons. The molecule has 0 amide bonds. The van der Waals surface area contributed by atoms with Crippen molar-refractivity contribution in [1.82, 2.24) is 5.32 Å². The van der Waals surface area contributed by atoms with Gasteiger partial charge in [-0.15, -0.1) is 0 Å². The Kier molecular flexibility index (Phi) is 7.63. The Morgan fingerprint density at radius 2 is 1.76 bits per heavy atom. The summed E-state index contributed by atoms with van der Waals surface area (Å²) in [5.74, 6) is 0. The minimum atomic E-state index is 0.690. The van der Waals surface area contributed by atoms with E-state index < -0.39 is 0 Å². The Hall–Kier alpha value is -0.900. The van der Waals surface area contributed by atoms with Crippen LogP contribution in [0.2, 0.25) is 0 Å². The van der Waals surface area contributed by atoms with Gasteiger partial charge in [0.15, 0.2) is 0 Å². The number of hydrogen-bond donors (Lipinski definition) is 1. The molecule has 17 heavy (non-hydrogen) atoms. The zero-order valence-corrected chi connectivity index (χ0v) is 10.9. The largest absolute Gasteiger partial charge is 0.385 e. The van der Waals surface area contributed by atoms with E-state index in [-0.39, 0.29) is 0 Å². The first-order valence-electron chi connectivity index (χ1n) is 6.16. The predicted octanol–water partition coefficient (Wildman–Crippen LogP) is 2.00. The third-order valence-electron chi connectivity index (χ3n) is 2.59. The topological polar surface area (TPSA) is 30.5 Å². The van der Waals surface area contributed by atoms with Crippen LogP contribution in [0.4, 0.5) is 0 Å². The fourth-order valence-corrected chi connectivity index (χ4v) is 1.57. The van der Waals surface area contributed by atoms with Gasteiger partial charge < -0.3 is 14.8 Å². The number of likely N-dealkylation sites (N-methyl/N-ethyl adjacent to an activating group) is 1. The van der Waals surface area contributed by atoms with Crippen LogP contribution in [0.25, 0.3) is 0 Å². The Morgan fingerprint density at radius 3 is 2.41 bits per heavy atom. The molecule has 0 unspecified atom stereocenters. The first-order chi connectivity index (χ1) is 8.36. The van der Waals surface area contributed by atoms with Crippen LogP contribution in [0.15, 0.2) is 24.3 Å². The smallest absolute Gasteiger partial charge is 0.0716 e. The number of rotatable bonds is 9. The summed E-state index contributed by atoms with van der Waals surface area (Å²) in [5.41, 5.74) is 2.60. The van der Waals surface area contributed by atoms with Gasteiger partial charge in [-0.05, 0) is 37.6 Å². The summed E-state index contributed by atoms with van der Waals surface area (Å²) in [6.45, 7) is 3.24. The molecule has 96 valence electrons. The molecule has 0 aromatic heterocycles. The van der Waals surface area contributed by atoms with Gasteiger partial charge in [0.05, 0.1) is 6.61 Å². The molecule has 0 aliphatic carbocycles. The second-order valence-corrected chi connectivity index (χ2v) is 4.07. The Balaban J connectivity index is 2.20. The molecule has 0 aliphatic heterocycles. The maximum atomic E-state index is 5.55. The summed E-state index contributed by atoms with van der Waals surface area (Å²) in [7, 11) is 3.69. The van der Waals surface area contributed by atoms with Crippen molar-refractivity contribution >= 4 is 0 Å². The molecule has 0 spiro atoms. The van der Waals surface area contributed by atoms with E-state index in [1.165, 1.54) is 11.1 Å². The first kappa shape index (κ1) is 14.2. The summed E-state index contributed by atoms with van der Waals surface area (Å²) in [6, 6.07) is 8.62. The lowest BCUT2D eigenvalue weighted by molar-refractivity contribution is 0.0928. The van der Waals surface area contributed by atoms with Crippen molar-refractivity contribution in [3.8, 4) is 0 Å². The minimum absolute atomic E-state index is 0.690. The maximum absolute atomic E-state index is 5.55. The van der Waals surface area contributed by atoms with E-state index in [4.69, 9.17) is 9.47 Å². The van der Waals surface area contributed by atoms with E-state index in [9.17, 15) is 0 Å². The van der Waals surface area contributed by atoms with Crippen molar-refractivity contribution in [3.05, 3.63) is 35.4 Å². The van der Waals surface area contributed by atoms with Crippen LogP contribution in [0, 0.1) is 0 Å². The van der Waals surface area contributed by atoms with Gasteiger partial charge in [0.1, 0.15) is 0 Å². The summed E-state index contributed by atoms with van der Waals surface area (Å²) in [6.07, 6.45) is 2.03. The van der Waals surface area contributed by atoms with Crippen LogP contribution in [0.5, 0.6) is 0 Å². The number of ether oxygens (including phenoxy) is 2. The lowest BCUT2D eigenvalue weighted by atomic mass is 10.1. The van der Waals surface area contributed by atoms with Crippen molar-refractivity contribution in [2.24, 2.45) is 0 Å². The highest BCUT2D eigenvalue weighted by Crippen LogP contribution is 2.06. The third-order valence-corrected chi connectivity index (χ3v) is 2.59. The Morgan fingerprint density at radius 1 is 1.06 bits per heavy atom. The molecule has 0 aliphatic rings. The second kappa shape index (κ2) is 9.16. The van der Waals surface area contributed by atoms with Crippen molar-refractivity contribution < 1.29 is 9.47 Å².